The van der Waals surface area contributed by atoms with Gasteiger partial charge in [-0.15, -0.1) is 0 Å². The Morgan fingerprint density at radius 1 is 0.870 bits per heavy atom. The van der Waals surface area contributed by atoms with Crippen molar-refractivity contribution in [3.63, 3.8) is 0 Å². The van der Waals surface area contributed by atoms with Crippen molar-refractivity contribution in [2.45, 2.75) is 29.9 Å². The van der Waals surface area contributed by atoms with Gasteiger partial charge in [-0.05, 0) is 6.92 Å². The highest BCUT2D eigenvalue weighted by atomic mass is 32.3. The molecule has 6 N–H and O–H groups in total. The molecule has 0 aliphatic rings. The molecule has 15 heteroatoms. The molecule has 0 fully saturated rings. The first-order valence-electron chi connectivity index (χ1n) is 5.25. The van der Waals surface area contributed by atoms with E-state index in [1.165, 1.54) is 0 Å². The van der Waals surface area contributed by atoms with Crippen LogP contribution in [0.5, 0.6) is 0 Å². The number of hydrogen-bond donors (Lipinski definition) is 6. The van der Waals surface area contributed by atoms with Crippen molar-refractivity contribution in [1.29, 1.82) is 0 Å². The Balaban J connectivity index is 0. The second-order valence-electron chi connectivity index (χ2n) is 4.08. The maximum absolute atomic E-state index is 10.3. The van der Waals surface area contributed by atoms with E-state index in [-0.39, 0.29) is 0 Å². The lowest BCUT2D eigenvalue weighted by Gasteiger charge is -2.18. The second-order valence-corrected chi connectivity index (χ2v) is 7.85. The lowest BCUT2D eigenvalue weighted by Crippen LogP contribution is -2.42. The summed E-state index contributed by atoms with van der Waals surface area (Å²) in [4.78, 5) is 30.5. The van der Waals surface area contributed by atoms with E-state index in [2.05, 4.69) is 0 Å². The van der Waals surface area contributed by atoms with Crippen molar-refractivity contribution in [2.24, 2.45) is 0 Å². The van der Waals surface area contributed by atoms with Gasteiger partial charge < -0.3 is 20.4 Å². The molecule has 0 amide bonds. The zero-order valence-electron chi connectivity index (χ0n) is 11.3. The molecule has 0 spiro atoms. The standard InChI is InChI=1S/C6H8O7.C2H6O6S2/c7-3(8)1-6(13,5(11)12)2-4(9)10;1-2(9(3,4)5)10(6,7)8/h13H,1-2H2,(H,7,8)(H,9,10)(H,11,12);2H,1H3,(H,3,4,5)(H,6,7,8). The minimum absolute atomic E-state index is 0.657. The largest absolute Gasteiger partial charge is 0.481 e. The van der Waals surface area contributed by atoms with E-state index in [0.717, 1.165) is 0 Å². The van der Waals surface area contributed by atoms with Crippen LogP contribution in [-0.4, -0.2) is 74.5 Å². The van der Waals surface area contributed by atoms with Gasteiger partial charge in [-0.3, -0.25) is 18.7 Å². The molecule has 0 rings (SSSR count). The molecule has 13 nitrogen and oxygen atoms in total. The lowest BCUT2D eigenvalue weighted by atomic mass is 9.96. The Morgan fingerprint density at radius 2 is 1.13 bits per heavy atom. The molecule has 0 aromatic heterocycles. The molecule has 0 aromatic rings. The second kappa shape index (κ2) is 8.16. The van der Waals surface area contributed by atoms with Crippen LogP contribution in [0.15, 0.2) is 0 Å². The molecule has 0 aliphatic carbocycles. The molecule has 0 heterocycles. The van der Waals surface area contributed by atoms with Crippen LogP contribution in [0, 0.1) is 0 Å². The van der Waals surface area contributed by atoms with E-state index in [1.807, 2.05) is 0 Å². The average Bonchev–Trinajstić information content (AvgIpc) is 2.23. The summed E-state index contributed by atoms with van der Waals surface area (Å²) in [6.45, 7) is 0.657. The van der Waals surface area contributed by atoms with Crippen LogP contribution in [0.25, 0.3) is 0 Å². The van der Waals surface area contributed by atoms with Gasteiger partial charge >= 0.3 is 17.9 Å². The lowest BCUT2D eigenvalue weighted by molar-refractivity contribution is -0.170. The summed E-state index contributed by atoms with van der Waals surface area (Å²) in [5.74, 6) is -5.02. The van der Waals surface area contributed by atoms with Crippen LogP contribution in [0.4, 0.5) is 0 Å². The fourth-order valence-electron chi connectivity index (χ4n) is 0.868. The molecule has 0 unspecified atom stereocenters. The van der Waals surface area contributed by atoms with Crippen LogP contribution in [0.3, 0.4) is 0 Å². The highest BCUT2D eigenvalue weighted by Crippen LogP contribution is 2.15. The number of carbonyl (C=O) groups is 3. The summed E-state index contributed by atoms with van der Waals surface area (Å²) in [5, 5.41) is 33.8. The number of hydrogen-bond acceptors (Lipinski definition) is 8. The zero-order chi connectivity index (χ0) is 19.2. The van der Waals surface area contributed by atoms with Crippen LogP contribution in [-0.2, 0) is 34.6 Å². The monoisotopic (exact) mass is 382 g/mol. The van der Waals surface area contributed by atoms with Gasteiger partial charge in [0.1, 0.15) is 0 Å². The van der Waals surface area contributed by atoms with Gasteiger partial charge in [-0.25, -0.2) is 4.79 Å². The minimum atomic E-state index is -4.70. The maximum atomic E-state index is 10.3. The third kappa shape index (κ3) is 9.74. The highest BCUT2D eigenvalue weighted by Gasteiger charge is 2.40. The van der Waals surface area contributed by atoms with Gasteiger partial charge in [-0.2, -0.15) is 16.8 Å². The molecule has 0 saturated carbocycles. The van der Waals surface area contributed by atoms with E-state index in [1.54, 1.807) is 0 Å². The van der Waals surface area contributed by atoms with Crippen LogP contribution < -0.4 is 0 Å². The molecular formula is C8H14O13S2. The molecule has 0 aromatic carbocycles. The number of carboxylic acids is 3. The summed E-state index contributed by atoms with van der Waals surface area (Å²) in [5.41, 5.74) is -2.74. The van der Waals surface area contributed by atoms with Crippen molar-refractivity contribution < 1.29 is 60.8 Å². The summed E-state index contributed by atoms with van der Waals surface area (Å²) in [6, 6.07) is 0. The predicted molar refractivity (Wildman–Crippen MR) is 69.7 cm³/mol. The van der Waals surface area contributed by atoms with Crippen molar-refractivity contribution in [1.82, 2.24) is 0 Å². The van der Waals surface area contributed by atoms with E-state index >= 15 is 0 Å². The Kier molecular flexibility index (Phi) is 8.32. The van der Waals surface area contributed by atoms with E-state index in [0.29, 0.717) is 6.92 Å². The van der Waals surface area contributed by atoms with Gasteiger partial charge in [0.2, 0.25) is 4.58 Å². The molecule has 23 heavy (non-hydrogen) atoms. The number of aliphatic carboxylic acids is 3. The fourth-order valence-corrected chi connectivity index (χ4v) is 2.10. The first-order valence-corrected chi connectivity index (χ1v) is 8.26. The zero-order valence-corrected chi connectivity index (χ0v) is 13.0. The molecule has 0 atom stereocenters. The van der Waals surface area contributed by atoms with Crippen LogP contribution in [0.1, 0.15) is 19.8 Å². The van der Waals surface area contributed by atoms with E-state index in [9.17, 15) is 31.2 Å². The Morgan fingerprint density at radius 3 is 1.22 bits per heavy atom. The third-order valence-electron chi connectivity index (χ3n) is 2.12. The minimum Gasteiger partial charge on any atom is -0.481 e. The quantitative estimate of drug-likeness (QED) is 0.258. The maximum Gasteiger partial charge on any atom is 0.336 e. The van der Waals surface area contributed by atoms with Crippen molar-refractivity contribution in [3.05, 3.63) is 0 Å². The topological polar surface area (TPSA) is 241 Å². The summed E-state index contributed by atoms with van der Waals surface area (Å²) in [7, 11) is -9.40. The molecule has 0 radical (unpaired) electrons. The van der Waals surface area contributed by atoms with E-state index in [4.69, 9.17) is 29.5 Å². The number of rotatable bonds is 7. The highest BCUT2D eigenvalue weighted by molar-refractivity contribution is 8.03. The molecule has 136 valence electrons. The van der Waals surface area contributed by atoms with Gasteiger partial charge in [-0.1, -0.05) is 0 Å². The number of aliphatic hydroxyl groups is 1. The summed E-state index contributed by atoms with van der Waals surface area (Å²) < 4.78 is 53.9. The summed E-state index contributed by atoms with van der Waals surface area (Å²) >= 11 is 0. The van der Waals surface area contributed by atoms with Crippen LogP contribution >= 0.6 is 0 Å². The van der Waals surface area contributed by atoms with Crippen LogP contribution in [0.2, 0.25) is 0 Å². The Hall–Kier alpha value is -1.81. The first kappa shape index (κ1) is 23.5. The Bertz CT molecular complexity index is 610. The molecule has 0 aliphatic heterocycles. The smallest absolute Gasteiger partial charge is 0.336 e. The predicted octanol–water partition coefficient (Wildman–Crippen LogP) is -2.14. The van der Waals surface area contributed by atoms with Crippen molar-refractivity contribution in [3.8, 4) is 0 Å². The van der Waals surface area contributed by atoms with Crippen molar-refractivity contribution in [2.75, 3.05) is 0 Å². The Labute approximate surface area is 129 Å². The van der Waals surface area contributed by atoms with Gasteiger partial charge in [0.25, 0.3) is 20.2 Å². The van der Waals surface area contributed by atoms with Crippen molar-refractivity contribution >= 4 is 38.1 Å². The summed E-state index contributed by atoms with van der Waals surface area (Å²) in [6.07, 6.45) is -2.29. The van der Waals surface area contributed by atoms with Gasteiger partial charge in [0.05, 0.1) is 12.8 Å². The SMILES string of the molecule is CC(S(=O)(=O)O)S(=O)(=O)O.O=C(O)CC(O)(CC(=O)O)C(=O)O. The average molecular weight is 382 g/mol. The first-order chi connectivity index (χ1) is 9.93. The molecule has 0 saturated heterocycles. The van der Waals surface area contributed by atoms with E-state index < -0.39 is 61.2 Å². The fraction of sp³-hybridized carbons (Fsp3) is 0.625. The third-order valence-corrected chi connectivity index (χ3v) is 5.26. The van der Waals surface area contributed by atoms with Gasteiger partial charge in [0.15, 0.2) is 5.60 Å². The normalized spacial score (nSPS) is 12.2. The molecular weight excluding hydrogens is 368 g/mol. The van der Waals surface area contributed by atoms with Gasteiger partial charge in [0, 0.05) is 0 Å². The molecule has 0 bridgehead atoms. The number of carboxylic acid groups (broad SMARTS) is 3.